The van der Waals surface area contributed by atoms with E-state index in [0.717, 1.165) is 0 Å². The van der Waals surface area contributed by atoms with Crippen molar-refractivity contribution in [1.82, 2.24) is 5.32 Å². The minimum atomic E-state index is -1.70. The first-order chi connectivity index (χ1) is 6.56. The van der Waals surface area contributed by atoms with Crippen LogP contribution in [0.1, 0.15) is 10.4 Å². The first-order valence-corrected chi connectivity index (χ1v) is 4.04. The van der Waals surface area contributed by atoms with Gasteiger partial charge in [-0.3, -0.25) is 4.79 Å². The second-order valence-electron chi connectivity index (χ2n) is 2.80. The Hall–Kier alpha value is -1.53. The Labute approximate surface area is 81.7 Å². The van der Waals surface area contributed by atoms with E-state index < -0.39 is 7.12 Å². The van der Waals surface area contributed by atoms with E-state index in [1.165, 1.54) is 25.2 Å². The number of hydrogen-bond donors (Lipinski definition) is 4. The Morgan fingerprint density at radius 1 is 1.50 bits per heavy atom. The fourth-order valence-electron chi connectivity index (χ4n) is 1.14. The maximum Gasteiger partial charge on any atom is 0.489 e. The minimum absolute atomic E-state index is 0.101. The highest BCUT2D eigenvalue weighted by Gasteiger charge is 2.19. The Kier molecular flexibility index (Phi) is 3.11. The molecule has 6 heteroatoms. The van der Waals surface area contributed by atoms with Crippen LogP contribution in [0, 0.1) is 0 Å². The maximum absolute atomic E-state index is 11.3. The normalized spacial score (nSPS) is 9.64. The molecule has 0 saturated heterocycles. The molecule has 1 aromatic rings. The molecule has 1 aromatic carbocycles. The smallest absolute Gasteiger partial charge is 0.423 e. The lowest BCUT2D eigenvalue weighted by molar-refractivity contribution is 0.0963. The molecule has 5 N–H and O–H groups in total. The molecule has 1 amide bonds. The molecular formula is C8H11BN2O3. The molecule has 0 unspecified atom stereocenters. The molecule has 0 aliphatic rings. The molecule has 0 bridgehead atoms. The minimum Gasteiger partial charge on any atom is -0.423 e. The summed E-state index contributed by atoms with van der Waals surface area (Å²) in [5.74, 6) is -0.381. The molecule has 0 aromatic heterocycles. The van der Waals surface area contributed by atoms with Crippen molar-refractivity contribution < 1.29 is 14.8 Å². The average Bonchev–Trinajstić information content (AvgIpc) is 2.16. The van der Waals surface area contributed by atoms with Gasteiger partial charge in [0.1, 0.15) is 0 Å². The van der Waals surface area contributed by atoms with Gasteiger partial charge in [-0.2, -0.15) is 0 Å². The molecule has 0 heterocycles. The van der Waals surface area contributed by atoms with Crippen LogP contribution in [0.3, 0.4) is 0 Å². The molecular weight excluding hydrogens is 183 g/mol. The Morgan fingerprint density at radius 2 is 2.14 bits per heavy atom. The van der Waals surface area contributed by atoms with Gasteiger partial charge in [0.25, 0.3) is 5.91 Å². The number of nitrogen functional groups attached to an aromatic ring is 1. The highest BCUT2D eigenvalue weighted by molar-refractivity contribution is 6.60. The lowest BCUT2D eigenvalue weighted by atomic mass is 9.76. The van der Waals surface area contributed by atoms with E-state index in [9.17, 15) is 4.79 Å². The summed E-state index contributed by atoms with van der Waals surface area (Å²) in [4.78, 5) is 11.3. The lowest BCUT2D eigenvalue weighted by Crippen LogP contribution is -2.37. The van der Waals surface area contributed by atoms with Gasteiger partial charge in [0, 0.05) is 18.3 Å². The van der Waals surface area contributed by atoms with Crippen molar-refractivity contribution in [3.8, 4) is 0 Å². The first-order valence-electron chi connectivity index (χ1n) is 4.04. The lowest BCUT2D eigenvalue weighted by Gasteiger charge is -2.08. The van der Waals surface area contributed by atoms with Crippen LogP contribution < -0.4 is 16.5 Å². The van der Waals surface area contributed by atoms with Gasteiger partial charge in [-0.15, -0.1) is 0 Å². The molecule has 74 valence electrons. The molecule has 5 nitrogen and oxygen atoms in total. The van der Waals surface area contributed by atoms with Crippen LogP contribution in [0.5, 0.6) is 0 Å². The standard InChI is InChI=1S/C8H11BN2O3/c1-11-8(12)6-3-2-5(10)4-7(6)9(13)14/h2-4,13-14H,10H2,1H3,(H,11,12). The predicted molar refractivity (Wildman–Crippen MR) is 54.1 cm³/mol. The summed E-state index contributed by atoms with van der Waals surface area (Å²) in [7, 11) is -0.238. The average molecular weight is 194 g/mol. The number of carbonyl (C=O) groups is 1. The topological polar surface area (TPSA) is 95.6 Å². The van der Waals surface area contributed by atoms with Crippen molar-refractivity contribution in [3.05, 3.63) is 23.8 Å². The van der Waals surface area contributed by atoms with Crippen LogP contribution in [0.2, 0.25) is 0 Å². The van der Waals surface area contributed by atoms with Crippen LogP contribution in [0.15, 0.2) is 18.2 Å². The molecule has 0 atom stereocenters. The van der Waals surface area contributed by atoms with Crippen LogP contribution in [-0.2, 0) is 0 Å². The van der Waals surface area contributed by atoms with E-state index in [4.69, 9.17) is 15.8 Å². The Bertz CT molecular complexity index is 354. The monoisotopic (exact) mass is 194 g/mol. The molecule has 0 aliphatic carbocycles. The van der Waals surface area contributed by atoms with Gasteiger partial charge in [0.15, 0.2) is 0 Å². The van der Waals surface area contributed by atoms with E-state index >= 15 is 0 Å². The van der Waals surface area contributed by atoms with Crippen molar-refractivity contribution >= 4 is 24.2 Å². The zero-order valence-electron chi connectivity index (χ0n) is 7.69. The van der Waals surface area contributed by atoms with Gasteiger partial charge >= 0.3 is 7.12 Å². The quantitative estimate of drug-likeness (QED) is 0.333. The maximum atomic E-state index is 11.3. The first kappa shape index (κ1) is 10.6. The second-order valence-corrected chi connectivity index (χ2v) is 2.80. The SMILES string of the molecule is CNC(=O)c1ccc(N)cc1B(O)O. The summed E-state index contributed by atoms with van der Waals surface area (Å²) >= 11 is 0. The van der Waals surface area contributed by atoms with E-state index in [1.54, 1.807) is 0 Å². The molecule has 0 radical (unpaired) electrons. The van der Waals surface area contributed by atoms with Crippen molar-refractivity contribution in [2.45, 2.75) is 0 Å². The zero-order chi connectivity index (χ0) is 10.7. The fourth-order valence-corrected chi connectivity index (χ4v) is 1.14. The third kappa shape index (κ3) is 2.04. The number of carbonyl (C=O) groups excluding carboxylic acids is 1. The molecule has 14 heavy (non-hydrogen) atoms. The van der Waals surface area contributed by atoms with Crippen LogP contribution in [0.25, 0.3) is 0 Å². The van der Waals surface area contributed by atoms with Crippen LogP contribution in [0.4, 0.5) is 5.69 Å². The van der Waals surface area contributed by atoms with E-state index in [1.807, 2.05) is 0 Å². The number of amides is 1. The van der Waals surface area contributed by atoms with Crippen molar-refractivity contribution in [3.63, 3.8) is 0 Å². The largest absolute Gasteiger partial charge is 0.489 e. The molecule has 0 spiro atoms. The summed E-state index contributed by atoms with van der Waals surface area (Å²) in [5, 5.41) is 20.4. The predicted octanol–water partition coefficient (Wildman–Crippen LogP) is -1.69. The van der Waals surface area contributed by atoms with Crippen LogP contribution in [-0.4, -0.2) is 30.1 Å². The second kappa shape index (κ2) is 4.12. The summed E-state index contributed by atoms with van der Waals surface area (Å²) in [6.07, 6.45) is 0. The number of rotatable bonds is 2. The van der Waals surface area contributed by atoms with Gasteiger partial charge in [-0.05, 0) is 23.7 Å². The molecule has 0 aliphatic heterocycles. The van der Waals surface area contributed by atoms with Gasteiger partial charge in [-0.1, -0.05) is 0 Å². The highest BCUT2D eigenvalue weighted by atomic mass is 16.4. The van der Waals surface area contributed by atoms with Crippen molar-refractivity contribution in [1.29, 1.82) is 0 Å². The third-order valence-electron chi connectivity index (χ3n) is 1.83. The summed E-state index contributed by atoms with van der Waals surface area (Å²) < 4.78 is 0. The fraction of sp³-hybridized carbons (Fsp3) is 0.125. The molecule has 0 fully saturated rings. The third-order valence-corrected chi connectivity index (χ3v) is 1.83. The van der Waals surface area contributed by atoms with Gasteiger partial charge in [-0.25, -0.2) is 0 Å². The van der Waals surface area contributed by atoms with Gasteiger partial charge in [0.05, 0.1) is 0 Å². The summed E-state index contributed by atoms with van der Waals surface area (Å²) in [6.45, 7) is 0. The van der Waals surface area contributed by atoms with Crippen LogP contribution >= 0.6 is 0 Å². The van der Waals surface area contributed by atoms with Gasteiger partial charge < -0.3 is 21.1 Å². The number of nitrogens with one attached hydrogen (secondary N) is 1. The Balaban J connectivity index is 3.21. The molecule has 0 saturated carbocycles. The van der Waals surface area contributed by atoms with Gasteiger partial charge in [0.2, 0.25) is 0 Å². The van der Waals surface area contributed by atoms with E-state index in [2.05, 4.69) is 5.32 Å². The van der Waals surface area contributed by atoms with Crippen molar-refractivity contribution in [2.75, 3.05) is 12.8 Å². The number of benzene rings is 1. The number of hydrogen-bond acceptors (Lipinski definition) is 4. The number of nitrogens with two attached hydrogens (primary N) is 1. The van der Waals surface area contributed by atoms with Crippen molar-refractivity contribution in [2.24, 2.45) is 0 Å². The van der Waals surface area contributed by atoms with E-state index in [0.29, 0.717) is 5.69 Å². The number of anilines is 1. The zero-order valence-corrected chi connectivity index (χ0v) is 7.69. The molecule has 1 rings (SSSR count). The summed E-state index contributed by atoms with van der Waals surface area (Å²) in [5.41, 5.74) is 6.14. The van der Waals surface area contributed by atoms with E-state index in [-0.39, 0.29) is 16.9 Å². The highest BCUT2D eigenvalue weighted by Crippen LogP contribution is 2.03. The summed E-state index contributed by atoms with van der Waals surface area (Å²) in [6, 6.07) is 4.33. The Morgan fingerprint density at radius 3 is 2.64 bits per heavy atom.